The van der Waals surface area contributed by atoms with Gasteiger partial charge in [0.1, 0.15) is 5.82 Å². The Kier molecular flexibility index (Phi) is 2.85. The quantitative estimate of drug-likeness (QED) is 0.845. The molecule has 0 saturated carbocycles. The molecule has 2 aromatic heterocycles. The third-order valence-corrected chi connectivity index (χ3v) is 2.24. The van der Waals surface area contributed by atoms with Crippen LogP contribution in [0.25, 0.3) is 11.3 Å². The van der Waals surface area contributed by atoms with E-state index in [0.29, 0.717) is 11.5 Å². The average molecular weight is 218 g/mol. The summed E-state index contributed by atoms with van der Waals surface area (Å²) in [5.74, 6) is 0.616. The third kappa shape index (κ3) is 2.18. The number of H-pyrrole nitrogens is 1. The molecule has 0 unspecified atom stereocenters. The molecule has 0 fully saturated rings. The Bertz CT molecular complexity index is 541. The van der Waals surface area contributed by atoms with Gasteiger partial charge in [0.2, 0.25) is 0 Å². The molecule has 0 saturated heterocycles. The Morgan fingerprint density at radius 2 is 2.31 bits per heavy atom. The second-order valence-electron chi connectivity index (χ2n) is 3.71. The van der Waals surface area contributed by atoms with Gasteiger partial charge >= 0.3 is 0 Å². The van der Waals surface area contributed by atoms with Crippen molar-refractivity contribution in [2.24, 2.45) is 0 Å². The van der Waals surface area contributed by atoms with Crippen molar-refractivity contribution in [2.75, 3.05) is 0 Å². The maximum Gasteiger partial charge on any atom is 0.251 e. The van der Waals surface area contributed by atoms with Crippen molar-refractivity contribution in [1.82, 2.24) is 19.7 Å². The summed E-state index contributed by atoms with van der Waals surface area (Å²) in [5, 5.41) is 4.21. The van der Waals surface area contributed by atoms with Crippen LogP contribution in [-0.2, 0) is 6.54 Å². The van der Waals surface area contributed by atoms with E-state index in [-0.39, 0.29) is 5.56 Å². The van der Waals surface area contributed by atoms with E-state index in [1.165, 1.54) is 6.07 Å². The number of nitrogens with one attached hydrogen (secondary N) is 1. The molecule has 0 aliphatic heterocycles. The highest BCUT2D eigenvalue weighted by molar-refractivity contribution is 5.56. The number of aryl methyl sites for hydroxylation is 2. The minimum Gasteiger partial charge on any atom is -0.311 e. The number of nitrogens with zero attached hydrogens (tertiary/aromatic N) is 3. The minimum atomic E-state index is -0.134. The zero-order valence-corrected chi connectivity index (χ0v) is 9.40. The Morgan fingerprint density at radius 3 is 3.00 bits per heavy atom. The van der Waals surface area contributed by atoms with Crippen LogP contribution >= 0.6 is 0 Å². The third-order valence-electron chi connectivity index (χ3n) is 2.24. The van der Waals surface area contributed by atoms with Gasteiger partial charge < -0.3 is 4.98 Å². The van der Waals surface area contributed by atoms with Gasteiger partial charge in [-0.3, -0.25) is 9.48 Å². The maximum atomic E-state index is 11.3. The highest BCUT2D eigenvalue weighted by atomic mass is 16.1. The minimum absolute atomic E-state index is 0.134. The lowest BCUT2D eigenvalue weighted by Crippen LogP contribution is -2.08. The number of hydrogen-bond acceptors (Lipinski definition) is 3. The summed E-state index contributed by atoms with van der Waals surface area (Å²) >= 11 is 0. The second-order valence-corrected chi connectivity index (χ2v) is 3.71. The van der Waals surface area contributed by atoms with Crippen molar-refractivity contribution in [2.45, 2.75) is 26.8 Å². The standard InChI is InChI=1S/C11H14N4O/c1-3-4-15-7-9(6-12-15)10-5-11(16)14-8(2)13-10/h5-7H,3-4H2,1-2H3,(H,13,14,16). The van der Waals surface area contributed by atoms with Crippen LogP contribution in [0.15, 0.2) is 23.3 Å². The molecule has 0 aliphatic carbocycles. The van der Waals surface area contributed by atoms with Gasteiger partial charge in [0, 0.05) is 24.4 Å². The first-order chi connectivity index (χ1) is 7.69. The fourth-order valence-electron chi connectivity index (χ4n) is 1.57. The molecular formula is C11H14N4O. The van der Waals surface area contributed by atoms with E-state index in [4.69, 9.17) is 0 Å². The molecule has 1 N–H and O–H groups in total. The van der Waals surface area contributed by atoms with E-state index in [2.05, 4.69) is 22.0 Å². The normalized spacial score (nSPS) is 10.6. The van der Waals surface area contributed by atoms with Crippen molar-refractivity contribution in [3.8, 4) is 11.3 Å². The molecule has 2 aromatic rings. The van der Waals surface area contributed by atoms with Crippen LogP contribution in [0.1, 0.15) is 19.2 Å². The van der Waals surface area contributed by atoms with Crippen LogP contribution < -0.4 is 5.56 Å². The van der Waals surface area contributed by atoms with Crippen LogP contribution in [0.5, 0.6) is 0 Å². The van der Waals surface area contributed by atoms with Crippen LogP contribution in [0, 0.1) is 6.92 Å². The molecule has 16 heavy (non-hydrogen) atoms. The van der Waals surface area contributed by atoms with Gasteiger partial charge in [-0.05, 0) is 13.3 Å². The van der Waals surface area contributed by atoms with Crippen LogP contribution in [0.3, 0.4) is 0 Å². The topological polar surface area (TPSA) is 63.6 Å². The van der Waals surface area contributed by atoms with Gasteiger partial charge in [-0.15, -0.1) is 0 Å². The summed E-state index contributed by atoms with van der Waals surface area (Å²) in [7, 11) is 0. The van der Waals surface area contributed by atoms with Gasteiger partial charge in [-0.1, -0.05) is 6.92 Å². The van der Waals surface area contributed by atoms with Crippen molar-refractivity contribution in [3.63, 3.8) is 0 Å². The molecular weight excluding hydrogens is 204 g/mol. The summed E-state index contributed by atoms with van der Waals surface area (Å²) in [4.78, 5) is 18.2. The smallest absolute Gasteiger partial charge is 0.251 e. The van der Waals surface area contributed by atoms with E-state index >= 15 is 0 Å². The van der Waals surface area contributed by atoms with Crippen molar-refractivity contribution in [3.05, 3.63) is 34.6 Å². The molecule has 0 aliphatic rings. The molecule has 0 spiro atoms. The fourth-order valence-corrected chi connectivity index (χ4v) is 1.57. The summed E-state index contributed by atoms with van der Waals surface area (Å²) < 4.78 is 1.85. The predicted molar refractivity (Wildman–Crippen MR) is 61.1 cm³/mol. The number of aromatic nitrogens is 4. The van der Waals surface area contributed by atoms with Crippen molar-refractivity contribution >= 4 is 0 Å². The Balaban J connectivity index is 2.38. The van der Waals surface area contributed by atoms with Gasteiger partial charge in [0.15, 0.2) is 0 Å². The largest absolute Gasteiger partial charge is 0.311 e. The zero-order valence-electron chi connectivity index (χ0n) is 9.40. The zero-order chi connectivity index (χ0) is 11.5. The van der Waals surface area contributed by atoms with Gasteiger partial charge in [0.05, 0.1) is 11.9 Å². The van der Waals surface area contributed by atoms with E-state index in [9.17, 15) is 4.79 Å². The maximum absolute atomic E-state index is 11.3. The number of rotatable bonds is 3. The Morgan fingerprint density at radius 1 is 1.50 bits per heavy atom. The fraction of sp³-hybridized carbons (Fsp3) is 0.364. The van der Waals surface area contributed by atoms with Crippen molar-refractivity contribution in [1.29, 1.82) is 0 Å². The Labute approximate surface area is 93.2 Å². The highest BCUT2D eigenvalue weighted by Gasteiger charge is 2.04. The van der Waals surface area contributed by atoms with Gasteiger partial charge in [-0.2, -0.15) is 5.10 Å². The summed E-state index contributed by atoms with van der Waals surface area (Å²) in [5.41, 5.74) is 1.41. The summed E-state index contributed by atoms with van der Waals surface area (Å²) in [6.07, 6.45) is 4.67. The molecule has 0 radical (unpaired) electrons. The first kappa shape index (κ1) is 10.6. The molecule has 5 nitrogen and oxygen atoms in total. The highest BCUT2D eigenvalue weighted by Crippen LogP contribution is 2.13. The molecule has 84 valence electrons. The van der Waals surface area contributed by atoms with Crippen LogP contribution in [-0.4, -0.2) is 19.7 Å². The SMILES string of the molecule is CCCn1cc(-c2cc(=O)[nH]c(C)n2)cn1. The van der Waals surface area contributed by atoms with E-state index < -0.39 is 0 Å². The molecule has 0 amide bonds. The molecule has 0 bridgehead atoms. The van der Waals surface area contributed by atoms with E-state index in [1.54, 1.807) is 13.1 Å². The monoisotopic (exact) mass is 218 g/mol. The lowest BCUT2D eigenvalue weighted by molar-refractivity contribution is 0.603. The molecule has 0 aromatic carbocycles. The van der Waals surface area contributed by atoms with Crippen molar-refractivity contribution < 1.29 is 0 Å². The van der Waals surface area contributed by atoms with E-state index in [0.717, 1.165) is 18.5 Å². The average Bonchev–Trinajstić information content (AvgIpc) is 2.65. The lowest BCUT2D eigenvalue weighted by atomic mass is 10.2. The second kappa shape index (κ2) is 4.30. The first-order valence-electron chi connectivity index (χ1n) is 5.30. The summed E-state index contributed by atoms with van der Waals surface area (Å²) in [6.45, 7) is 4.74. The lowest BCUT2D eigenvalue weighted by Gasteiger charge is -1.97. The van der Waals surface area contributed by atoms with Gasteiger partial charge in [-0.25, -0.2) is 4.98 Å². The van der Waals surface area contributed by atoms with E-state index in [1.807, 2.05) is 10.9 Å². The van der Waals surface area contributed by atoms with Crippen LogP contribution in [0.2, 0.25) is 0 Å². The Hall–Kier alpha value is -1.91. The van der Waals surface area contributed by atoms with Crippen LogP contribution in [0.4, 0.5) is 0 Å². The molecule has 2 heterocycles. The van der Waals surface area contributed by atoms with Gasteiger partial charge in [0.25, 0.3) is 5.56 Å². The number of hydrogen-bond donors (Lipinski definition) is 1. The predicted octanol–water partition coefficient (Wildman–Crippen LogP) is 1.35. The number of aromatic amines is 1. The molecule has 2 rings (SSSR count). The molecule has 5 heteroatoms. The first-order valence-corrected chi connectivity index (χ1v) is 5.30. The summed E-state index contributed by atoms with van der Waals surface area (Å²) in [6, 6.07) is 1.49. The molecule has 0 atom stereocenters.